The molecule has 0 bridgehead atoms. The second-order valence-corrected chi connectivity index (χ2v) is 13.0. The van der Waals surface area contributed by atoms with Crippen LogP contribution in [0, 0.1) is 0 Å². The molecule has 0 aromatic heterocycles. The van der Waals surface area contributed by atoms with Crippen LogP contribution in [0.15, 0.2) is 109 Å². The molecule has 0 spiro atoms. The van der Waals surface area contributed by atoms with Gasteiger partial charge < -0.3 is 20.8 Å². The molecule has 8 heteroatoms. The number of rotatable bonds is 8. The van der Waals surface area contributed by atoms with Crippen molar-refractivity contribution in [2.45, 2.75) is 38.5 Å². The monoisotopic (exact) mass is 652 g/mol. The Morgan fingerprint density at radius 1 is 0.522 bits per heavy atom. The quantitative estimate of drug-likeness (QED) is 0.134. The highest BCUT2D eigenvalue weighted by Crippen LogP contribution is 2.37. The molecule has 6 nitrogen and oxygen atoms in total. The molecule has 234 valence electrons. The summed E-state index contributed by atoms with van der Waals surface area (Å²) < 4.78 is 0. The first-order valence-corrected chi connectivity index (χ1v) is 15.4. The fourth-order valence-electron chi connectivity index (χ4n) is 5.29. The van der Waals surface area contributed by atoms with Crippen molar-refractivity contribution in [1.29, 1.82) is 0 Å². The van der Waals surface area contributed by atoms with Crippen molar-refractivity contribution in [3.05, 3.63) is 153 Å². The summed E-state index contributed by atoms with van der Waals surface area (Å²) in [4.78, 5) is 26.4. The van der Waals surface area contributed by atoms with Gasteiger partial charge in [-0.25, -0.2) is 0 Å². The summed E-state index contributed by atoms with van der Waals surface area (Å²) in [7, 11) is 0. The standard InChI is InChI=1S/C38H34Cl2N2O4/c1-37(2,25-8-14-29(43)15-9-25)27-12-18-33(31(39)21-27)41-35(45)23-6-5-7-24(20-23)36(46)42-34-19-13-28(22-32(34)40)38(3,4)26-10-16-30(44)17-11-26/h5-22,43-44H,1-4H3,(H,41,45)(H,42,46). The molecule has 46 heavy (non-hydrogen) atoms. The van der Waals surface area contributed by atoms with Gasteiger partial charge in [0.25, 0.3) is 11.8 Å². The Morgan fingerprint density at radius 3 is 1.22 bits per heavy atom. The van der Waals surface area contributed by atoms with Crippen LogP contribution in [-0.4, -0.2) is 22.0 Å². The van der Waals surface area contributed by atoms with Crippen LogP contribution in [0.1, 0.15) is 70.7 Å². The van der Waals surface area contributed by atoms with Gasteiger partial charge in [-0.3, -0.25) is 9.59 Å². The Kier molecular flexibility index (Phi) is 9.15. The lowest BCUT2D eigenvalue weighted by atomic mass is 9.78. The lowest BCUT2D eigenvalue weighted by Gasteiger charge is -2.27. The van der Waals surface area contributed by atoms with E-state index in [0.717, 1.165) is 22.3 Å². The first-order valence-electron chi connectivity index (χ1n) is 14.7. The maximum Gasteiger partial charge on any atom is 0.255 e. The Labute approximate surface area is 278 Å². The van der Waals surface area contributed by atoms with Gasteiger partial charge in [0, 0.05) is 22.0 Å². The molecular weight excluding hydrogens is 619 g/mol. The van der Waals surface area contributed by atoms with Gasteiger partial charge in [-0.05, 0) is 89.0 Å². The van der Waals surface area contributed by atoms with E-state index in [1.165, 1.54) is 6.07 Å². The van der Waals surface area contributed by atoms with Crippen LogP contribution in [0.25, 0.3) is 0 Å². The van der Waals surface area contributed by atoms with Gasteiger partial charge in [0.2, 0.25) is 0 Å². The SMILES string of the molecule is CC(C)(c1ccc(O)cc1)c1ccc(NC(=O)c2cccc(C(=O)Nc3ccc(C(C)(C)c4ccc(O)cc4)cc3Cl)c2)c(Cl)c1. The van der Waals surface area contributed by atoms with Crippen LogP contribution in [-0.2, 0) is 10.8 Å². The molecule has 0 fully saturated rings. The van der Waals surface area contributed by atoms with Gasteiger partial charge >= 0.3 is 0 Å². The first-order chi connectivity index (χ1) is 21.8. The third kappa shape index (κ3) is 6.89. The highest BCUT2D eigenvalue weighted by Gasteiger charge is 2.26. The molecule has 5 aromatic rings. The van der Waals surface area contributed by atoms with Crippen LogP contribution in [0.5, 0.6) is 11.5 Å². The summed E-state index contributed by atoms with van der Waals surface area (Å²) in [6, 6.07) is 31.4. The Balaban J connectivity index is 1.28. The number of benzene rings is 5. The third-order valence-corrected chi connectivity index (χ3v) is 9.07. The Hall–Kier alpha value is -4.78. The van der Waals surface area contributed by atoms with Gasteiger partial charge in [-0.1, -0.05) is 93.4 Å². The van der Waals surface area contributed by atoms with E-state index in [1.807, 2.05) is 48.5 Å². The Morgan fingerprint density at radius 2 is 0.870 bits per heavy atom. The average molecular weight is 654 g/mol. The summed E-state index contributed by atoms with van der Waals surface area (Å²) in [5.41, 5.74) is 4.55. The lowest BCUT2D eigenvalue weighted by Crippen LogP contribution is -2.19. The number of aromatic hydroxyl groups is 2. The number of nitrogens with one attached hydrogen (secondary N) is 2. The number of carbonyl (C=O) groups is 2. The van der Waals surface area contributed by atoms with E-state index < -0.39 is 22.6 Å². The number of phenolic OH excluding ortho intramolecular Hbond substituents is 2. The Bertz CT molecular complexity index is 1780. The van der Waals surface area contributed by atoms with E-state index >= 15 is 0 Å². The predicted molar refractivity (Wildman–Crippen MR) is 186 cm³/mol. The van der Waals surface area contributed by atoms with E-state index in [2.05, 4.69) is 38.3 Å². The average Bonchev–Trinajstić information content (AvgIpc) is 3.03. The topological polar surface area (TPSA) is 98.7 Å². The molecule has 0 heterocycles. The van der Waals surface area contributed by atoms with Crippen molar-refractivity contribution in [3.63, 3.8) is 0 Å². The molecule has 0 aliphatic heterocycles. The minimum Gasteiger partial charge on any atom is -0.508 e. The van der Waals surface area contributed by atoms with E-state index in [1.54, 1.807) is 54.6 Å². The van der Waals surface area contributed by atoms with Crippen molar-refractivity contribution < 1.29 is 19.8 Å². The molecule has 0 unspecified atom stereocenters. The van der Waals surface area contributed by atoms with Crippen molar-refractivity contribution in [1.82, 2.24) is 0 Å². The zero-order chi connectivity index (χ0) is 33.2. The molecule has 0 saturated carbocycles. The molecule has 4 N–H and O–H groups in total. The molecule has 0 aliphatic carbocycles. The van der Waals surface area contributed by atoms with Crippen LogP contribution < -0.4 is 10.6 Å². The fourth-order valence-corrected chi connectivity index (χ4v) is 5.75. The zero-order valence-corrected chi connectivity index (χ0v) is 27.4. The van der Waals surface area contributed by atoms with Gasteiger partial charge in [0.15, 0.2) is 0 Å². The third-order valence-electron chi connectivity index (χ3n) is 8.44. The predicted octanol–water partition coefficient (Wildman–Crippen LogP) is 9.56. The number of anilines is 2. The number of amides is 2. The number of hydrogen-bond acceptors (Lipinski definition) is 4. The van der Waals surface area contributed by atoms with E-state index in [0.29, 0.717) is 21.4 Å². The molecule has 2 amide bonds. The molecule has 0 atom stereocenters. The van der Waals surface area contributed by atoms with Gasteiger partial charge in [0.05, 0.1) is 21.4 Å². The molecular formula is C38H34Cl2N2O4. The lowest BCUT2D eigenvalue weighted by molar-refractivity contribution is 0.102. The number of hydrogen-bond donors (Lipinski definition) is 4. The zero-order valence-electron chi connectivity index (χ0n) is 25.9. The summed E-state index contributed by atoms with van der Waals surface area (Å²) in [6.45, 7) is 8.22. The first kappa shape index (κ1) is 32.6. The smallest absolute Gasteiger partial charge is 0.255 e. The summed E-state index contributed by atoms with van der Waals surface area (Å²) in [5.74, 6) is -0.439. The summed E-state index contributed by atoms with van der Waals surface area (Å²) in [6.07, 6.45) is 0. The molecule has 5 aromatic carbocycles. The van der Waals surface area contributed by atoms with Crippen LogP contribution in [0.4, 0.5) is 11.4 Å². The van der Waals surface area contributed by atoms with Crippen LogP contribution in [0.2, 0.25) is 10.0 Å². The van der Waals surface area contributed by atoms with E-state index in [-0.39, 0.29) is 22.6 Å². The van der Waals surface area contributed by atoms with Crippen molar-refractivity contribution in [3.8, 4) is 11.5 Å². The molecule has 5 rings (SSSR count). The number of phenols is 2. The normalized spacial score (nSPS) is 11.6. The minimum absolute atomic E-state index is 0.196. The fraction of sp³-hybridized carbons (Fsp3) is 0.158. The summed E-state index contributed by atoms with van der Waals surface area (Å²) >= 11 is 13.2. The minimum atomic E-state index is -0.416. The van der Waals surface area contributed by atoms with Crippen molar-refractivity contribution in [2.75, 3.05) is 10.6 Å². The van der Waals surface area contributed by atoms with Gasteiger partial charge in [0.1, 0.15) is 11.5 Å². The maximum absolute atomic E-state index is 13.2. The maximum atomic E-state index is 13.2. The number of carbonyl (C=O) groups excluding carboxylic acids is 2. The molecule has 0 aliphatic rings. The highest BCUT2D eigenvalue weighted by atomic mass is 35.5. The molecule has 0 saturated heterocycles. The van der Waals surface area contributed by atoms with Crippen molar-refractivity contribution >= 4 is 46.4 Å². The molecule has 0 radical (unpaired) electrons. The van der Waals surface area contributed by atoms with Gasteiger partial charge in [-0.2, -0.15) is 0 Å². The van der Waals surface area contributed by atoms with Crippen molar-refractivity contribution in [2.24, 2.45) is 0 Å². The second kappa shape index (κ2) is 12.9. The van der Waals surface area contributed by atoms with E-state index in [9.17, 15) is 19.8 Å². The van der Waals surface area contributed by atoms with E-state index in [4.69, 9.17) is 23.2 Å². The van der Waals surface area contributed by atoms with Gasteiger partial charge in [-0.15, -0.1) is 0 Å². The highest BCUT2D eigenvalue weighted by molar-refractivity contribution is 6.34. The summed E-state index contributed by atoms with van der Waals surface area (Å²) in [5, 5.41) is 25.7. The number of halogens is 2. The second-order valence-electron chi connectivity index (χ2n) is 12.2. The van der Waals surface area contributed by atoms with Crippen LogP contribution in [0.3, 0.4) is 0 Å². The van der Waals surface area contributed by atoms with Crippen LogP contribution >= 0.6 is 23.2 Å². The largest absolute Gasteiger partial charge is 0.508 e.